The predicted octanol–water partition coefficient (Wildman–Crippen LogP) is 1.99. The fourth-order valence-corrected chi connectivity index (χ4v) is 2.86. The van der Waals surface area contributed by atoms with Gasteiger partial charge in [0.2, 0.25) is 10.0 Å². The number of hydrogen-bond acceptors (Lipinski definition) is 3. The van der Waals surface area contributed by atoms with Gasteiger partial charge in [0.05, 0.1) is 12.0 Å². The minimum Gasteiger partial charge on any atom is -0.481 e. The van der Waals surface area contributed by atoms with E-state index < -0.39 is 50.9 Å². The lowest BCUT2D eigenvalue weighted by atomic mass is 10.2. The van der Waals surface area contributed by atoms with Crippen LogP contribution in [0.25, 0.3) is 0 Å². The van der Waals surface area contributed by atoms with Crippen LogP contribution in [0.5, 0.6) is 0 Å². The van der Waals surface area contributed by atoms with Gasteiger partial charge in [-0.3, -0.25) is 4.79 Å². The average molecular weight is 329 g/mol. The highest BCUT2D eigenvalue weighted by Gasteiger charge is 2.33. The van der Waals surface area contributed by atoms with E-state index in [2.05, 4.69) is 0 Å². The van der Waals surface area contributed by atoms with Crippen molar-refractivity contribution >= 4 is 16.0 Å². The van der Waals surface area contributed by atoms with Crippen LogP contribution in [0.1, 0.15) is 18.9 Å². The fourth-order valence-electron chi connectivity index (χ4n) is 1.52. The molecular formula is C11H11F4NO4S. The Kier molecular flexibility index (Phi) is 4.95. The van der Waals surface area contributed by atoms with Crippen molar-refractivity contribution in [1.29, 1.82) is 0 Å². The fraction of sp³-hybridized carbons (Fsp3) is 0.364. The van der Waals surface area contributed by atoms with Gasteiger partial charge in [0, 0.05) is 6.04 Å². The van der Waals surface area contributed by atoms with E-state index in [0.717, 1.165) is 0 Å². The Morgan fingerprint density at radius 3 is 2.43 bits per heavy atom. The second-order valence-corrected chi connectivity index (χ2v) is 5.95. The van der Waals surface area contributed by atoms with Crippen molar-refractivity contribution in [3.8, 4) is 0 Å². The summed E-state index contributed by atoms with van der Waals surface area (Å²) in [5, 5.41) is 8.50. The van der Waals surface area contributed by atoms with E-state index in [4.69, 9.17) is 5.11 Å². The summed E-state index contributed by atoms with van der Waals surface area (Å²) in [6.07, 6.45) is -5.43. The van der Waals surface area contributed by atoms with Crippen LogP contribution in [0.4, 0.5) is 17.6 Å². The summed E-state index contributed by atoms with van der Waals surface area (Å²) in [6.45, 7) is 1.19. The van der Waals surface area contributed by atoms with Gasteiger partial charge in [-0.25, -0.2) is 17.5 Å². The number of aliphatic carboxylic acids is 1. The van der Waals surface area contributed by atoms with Crippen LogP contribution in [0, 0.1) is 5.82 Å². The lowest BCUT2D eigenvalue weighted by molar-refractivity contribution is -0.138. The van der Waals surface area contributed by atoms with E-state index in [1.165, 1.54) is 6.92 Å². The molecule has 0 spiro atoms. The quantitative estimate of drug-likeness (QED) is 0.809. The molecule has 0 fully saturated rings. The van der Waals surface area contributed by atoms with E-state index in [-0.39, 0.29) is 6.07 Å². The Hall–Kier alpha value is -1.68. The van der Waals surface area contributed by atoms with Gasteiger partial charge in [0.25, 0.3) is 0 Å². The molecule has 0 heterocycles. The van der Waals surface area contributed by atoms with E-state index in [1.807, 2.05) is 4.72 Å². The molecular weight excluding hydrogens is 318 g/mol. The largest absolute Gasteiger partial charge is 0.481 e. The number of carboxylic acids is 1. The number of sulfonamides is 1. The molecule has 118 valence electrons. The summed E-state index contributed by atoms with van der Waals surface area (Å²) in [6, 6.07) is -0.152. The van der Waals surface area contributed by atoms with Crippen LogP contribution in [0.15, 0.2) is 23.1 Å². The molecule has 0 aliphatic carbocycles. The number of carbonyl (C=O) groups is 1. The van der Waals surface area contributed by atoms with Crippen LogP contribution in [-0.4, -0.2) is 25.5 Å². The van der Waals surface area contributed by atoms with Crippen LogP contribution >= 0.6 is 0 Å². The van der Waals surface area contributed by atoms with Gasteiger partial charge in [-0.1, -0.05) is 0 Å². The Morgan fingerprint density at radius 1 is 1.38 bits per heavy atom. The molecule has 0 bridgehead atoms. The van der Waals surface area contributed by atoms with E-state index in [9.17, 15) is 30.8 Å². The van der Waals surface area contributed by atoms with Crippen LogP contribution < -0.4 is 4.72 Å². The first-order valence-corrected chi connectivity index (χ1v) is 7.02. The topological polar surface area (TPSA) is 83.5 Å². The SMILES string of the molecule is C[C@@H](CC(=O)O)NS(=O)(=O)c1cc(C(F)(F)F)ccc1F. The third-order valence-corrected chi connectivity index (χ3v) is 3.99. The van der Waals surface area contributed by atoms with Gasteiger partial charge in [0.1, 0.15) is 10.7 Å². The zero-order valence-corrected chi connectivity index (χ0v) is 11.4. The van der Waals surface area contributed by atoms with Gasteiger partial charge in [-0.2, -0.15) is 13.2 Å². The van der Waals surface area contributed by atoms with Gasteiger partial charge in [-0.15, -0.1) is 0 Å². The monoisotopic (exact) mass is 329 g/mol. The first-order chi connectivity index (χ1) is 9.43. The summed E-state index contributed by atoms with van der Waals surface area (Å²) in [5.74, 6) is -2.67. The van der Waals surface area contributed by atoms with Crippen molar-refractivity contribution in [3.63, 3.8) is 0 Å². The van der Waals surface area contributed by atoms with Crippen molar-refractivity contribution in [2.24, 2.45) is 0 Å². The average Bonchev–Trinajstić information content (AvgIpc) is 2.25. The molecule has 0 saturated carbocycles. The molecule has 1 rings (SSSR count). The predicted molar refractivity (Wildman–Crippen MR) is 63.4 cm³/mol. The molecule has 0 unspecified atom stereocenters. The molecule has 10 heteroatoms. The highest BCUT2D eigenvalue weighted by molar-refractivity contribution is 7.89. The lowest BCUT2D eigenvalue weighted by Crippen LogP contribution is -2.34. The Balaban J connectivity index is 3.16. The summed E-state index contributed by atoms with van der Waals surface area (Å²) >= 11 is 0. The third-order valence-electron chi connectivity index (χ3n) is 2.39. The van der Waals surface area contributed by atoms with E-state index in [1.54, 1.807) is 0 Å². The Labute approximate surface area is 117 Å². The molecule has 1 aromatic carbocycles. The minimum atomic E-state index is -4.83. The molecule has 21 heavy (non-hydrogen) atoms. The van der Waals surface area contributed by atoms with Crippen LogP contribution in [-0.2, 0) is 21.0 Å². The number of benzene rings is 1. The molecule has 0 amide bonds. The van der Waals surface area contributed by atoms with Crippen molar-refractivity contribution in [1.82, 2.24) is 4.72 Å². The van der Waals surface area contributed by atoms with Gasteiger partial charge in [0.15, 0.2) is 0 Å². The lowest BCUT2D eigenvalue weighted by Gasteiger charge is -2.14. The standard InChI is InChI=1S/C11H11F4NO4S/c1-6(4-10(17)18)16-21(19,20)9-5-7(11(13,14)15)2-3-8(9)12/h2-3,5-6,16H,4H2,1H3,(H,17,18)/t6-/m0/s1. The highest BCUT2D eigenvalue weighted by Crippen LogP contribution is 2.31. The number of carboxylic acid groups (broad SMARTS) is 1. The van der Waals surface area contributed by atoms with Gasteiger partial charge < -0.3 is 5.11 Å². The number of halogens is 4. The second kappa shape index (κ2) is 5.98. The van der Waals surface area contributed by atoms with Crippen molar-refractivity contribution in [2.45, 2.75) is 30.5 Å². The van der Waals surface area contributed by atoms with E-state index >= 15 is 0 Å². The maximum atomic E-state index is 13.5. The smallest absolute Gasteiger partial charge is 0.416 e. The van der Waals surface area contributed by atoms with Gasteiger partial charge in [-0.05, 0) is 25.1 Å². The maximum Gasteiger partial charge on any atom is 0.416 e. The molecule has 1 atom stereocenters. The zero-order chi connectivity index (χ0) is 16.4. The zero-order valence-electron chi connectivity index (χ0n) is 10.6. The summed E-state index contributed by atoms with van der Waals surface area (Å²) in [5.41, 5.74) is -1.32. The number of nitrogens with one attached hydrogen (secondary N) is 1. The van der Waals surface area contributed by atoms with Crippen molar-refractivity contribution in [3.05, 3.63) is 29.6 Å². The molecule has 0 radical (unpaired) electrons. The summed E-state index contributed by atoms with van der Waals surface area (Å²) < 4.78 is 76.4. The number of hydrogen-bond donors (Lipinski definition) is 2. The first-order valence-electron chi connectivity index (χ1n) is 5.54. The van der Waals surface area contributed by atoms with E-state index in [0.29, 0.717) is 12.1 Å². The molecule has 0 saturated heterocycles. The first kappa shape index (κ1) is 17.4. The highest BCUT2D eigenvalue weighted by atomic mass is 32.2. The number of alkyl halides is 3. The van der Waals surface area contributed by atoms with Crippen LogP contribution in [0.2, 0.25) is 0 Å². The summed E-state index contributed by atoms with van der Waals surface area (Å²) in [7, 11) is -4.61. The molecule has 0 aliphatic rings. The normalized spacial score (nSPS) is 14.0. The van der Waals surface area contributed by atoms with Crippen LogP contribution in [0.3, 0.4) is 0 Å². The molecule has 5 nitrogen and oxygen atoms in total. The summed E-state index contributed by atoms with van der Waals surface area (Å²) in [4.78, 5) is 9.24. The molecule has 2 N–H and O–H groups in total. The van der Waals surface area contributed by atoms with Gasteiger partial charge >= 0.3 is 12.1 Å². The van der Waals surface area contributed by atoms with Crippen molar-refractivity contribution in [2.75, 3.05) is 0 Å². The third kappa shape index (κ3) is 4.67. The Morgan fingerprint density at radius 2 is 1.95 bits per heavy atom. The second-order valence-electron chi connectivity index (χ2n) is 4.26. The molecule has 1 aromatic rings. The minimum absolute atomic E-state index is 0.158. The Bertz CT molecular complexity index is 642. The number of rotatable bonds is 5. The maximum absolute atomic E-state index is 13.5. The molecule has 0 aromatic heterocycles. The van der Waals surface area contributed by atoms with Crippen molar-refractivity contribution < 1.29 is 35.9 Å². The molecule has 0 aliphatic heterocycles.